The smallest absolute Gasteiger partial charge is 0.150 e. The van der Waals surface area contributed by atoms with E-state index in [0.717, 1.165) is 34.8 Å². The van der Waals surface area contributed by atoms with Gasteiger partial charge in [-0.3, -0.25) is 4.79 Å². The van der Waals surface area contributed by atoms with Crippen LogP contribution in [0.5, 0.6) is 5.75 Å². The van der Waals surface area contributed by atoms with Crippen molar-refractivity contribution in [3.63, 3.8) is 0 Å². The summed E-state index contributed by atoms with van der Waals surface area (Å²) in [5, 5.41) is 2.25. The standard InChI is InChI=1S/C14H14O2/c1-3-12-13-8-10(9-15)4-5-11(13)6-7-14(12)16-2/h4-9H,3H2,1-2H3. The number of ether oxygens (including phenoxy) is 1. The normalized spacial score (nSPS) is 10.4. The van der Waals surface area contributed by atoms with Crippen LogP contribution in [0.15, 0.2) is 30.3 Å². The van der Waals surface area contributed by atoms with Gasteiger partial charge in [0, 0.05) is 11.1 Å². The summed E-state index contributed by atoms with van der Waals surface area (Å²) in [6.07, 6.45) is 1.77. The number of aldehydes is 1. The number of methoxy groups -OCH3 is 1. The molecule has 2 aromatic carbocycles. The maximum Gasteiger partial charge on any atom is 0.150 e. The Labute approximate surface area is 94.8 Å². The molecule has 0 aromatic heterocycles. The van der Waals surface area contributed by atoms with Gasteiger partial charge in [-0.05, 0) is 29.3 Å². The van der Waals surface area contributed by atoms with Crippen LogP contribution >= 0.6 is 0 Å². The van der Waals surface area contributed by atoms with Gasteiger partial charge < -0.3 is 4.74 Å². The van der Waals surface area contributed by atoms with Crippen LogP contribution in [0.25, 0.3) is 10.8 Å². The summed E-state index contributed by atoms with van der Waals surface area (Å²) < 4.78 is 5.33. The summed E-state index contributed by atoms with van der Waals surface area (Å²) in [5.74, 6) is 0.887. The molecular formula is C14H14O2. The molecule has 2 heteroatoms. The maximum absolute atomic E-state index is 10.8. The first-order chi connectivity index (χ1) is 7.80. The zero-order valence-electron chi connectivity index (χ0n) is 9.49. The molecule has 0 saturated heterocycles. The van der Waals surface area contributed by atoms with Gasteiger partial charge in [0.05, 0.1) is 7.11 Å². The molecule has 2 nitrogen and oxygen atoms in total. The number of hydrogen-bond donors (Lipinski definition) is 0. The van der Waals surface area contributed by atoms with Gasteiger partial charge in [0.25, 0.3) is 0 Å². The molecule has 0 atom stereocenters. The van der Waals surface area contributed by atoms with Crippen LogP contribution in [0.4, 0.5) is 0 Å². The average molecular weight is 214 g/mol. The molecule has 16 heavy (non-hydrogen) atoms. The minimum Gasteiger partial charge on any atom is -0.496 e. The van der Waals surface area contributed by atoms with Gasteiger partial charge in [0.15, 0.2) is 0 Å². The van der Waals surface area contributed by atoms with Crippen LogP contribution in [0.3, 0.4) is 0 Å². The Morgan fingerprint density at radius 3 is 2.62 bits per heavy atom. The topological polar surface area (TPSA) is 26.3 Å². The Morgan fingerprint density at radius 1 is 1.25 bits per heavy atom. The molecule has 0 N–H and O–H groups in total. The third-order valence-electron chi connectivity index (χ3n) is 2.82. The molecule has 2 rings (SSSR count). The molecule has 0 aliphatic rings. The van der Waals surface area contributed by atoms with Crippen molar-refractivity contribution in [2.75, 3.05) is 7.11 Å². The first-order valence-corrected chi connectivity index (χ1v) is 5.35. The van der Waals surface area contributed by atoms with Crippen molar-refractivity contribution in [1.29, 1.82) is 0 Å². The lowest BCUT2D eigenvalue weighted by Crippen LogP contribution is -1.92. The number of fused-ring (bicyclic) bond motifs is 1. The fourth-order valence-corrected chi connectivity index (χ4v) is 2.01. The monoisotopic (exact) mass is 214 g/mol. The highest BCUT2D eigenvalue weighted by Crippen LogP contribution is 2.28. The summed E-state index contributed by atoms with van der Waals surface area (Å²) in [7, 11) is 1.67. The third kappa shape index (κ3) is 1.67. The highest BCUT2D eigenvalue weighted by molar-refractivity contribution is 5.92. The lowest BCUT2D eigenvalue weighted by atomic mass is 10.00. The Hall–Kier alpha value is -1.83. The Morgan fingerprint density at radius 2 is 2.00 bits per heavy atom. The highest BCUT2D eigenvalue weighted by atomic mass is 16.5. The Bertz CT molecular complexity index is 529. The molecule has 82 valence electrons. The van der Waals surface area contributed by atoms with Crippen molar-refractivity contribution < 1.29 is 9.53 Å². The minimum absolute atomic E-state index is 0.704. The fraction of sp³-hybridized carbons (Fsp3) is 0.214. The lowest BCUT2D eigenvalue weighted by molar-refractivity contribution is 0.112. The first-order valence-electron chi connectivity index (χ1n) is 5.35. The van der Waals surface area contributed by atoms with Crippen molar-refractivity contribution in [1.82, 2.24) is 0 Å². The third-order valence-corrected chi connectivity index (χ3v) is 2.82. The van der Waals surface area contributed by atoms with Crippen LogP contribution in [0, 0.1) is 0 Å². The van der Waals surface area contributed by atoms with Crippen molar-refractivity contribution in [3.8, 4) is 5.75 Å². The average Bonchev–Trinajstić information content (AvgIpc) is 2.36. The van der Waals surface area contributed by atoms with E-state index in [0.29, 0.717) is 5.56 Å². The highest BCUT2D eigenvalue weighted by Gasteiger charge is 2.06. The number of carbonyl (C=O) groups is 1. The molecule has 0 aliphatic heterocycles. The molecule has 0 radical (unpaired) electrons. The van der Waals surface area contributed by atoms with E-state index in [-0.39, 0.29) is 0 Å². The summed E-state index contributed by atoms with van der Waals surface area (Å²) >= 11 is 0. The molecular weight excluding hydrogens is 200 g/mol. The van der Waals surface area contributed by atoms with Gasteiger partial charge in [-0.1, -0.05) is 25.1 Å². The van der Waals surface area contributed by atoms with Gasteiger partial charge in [-0.2, -0.15) is 0 Å². The van der Waals surface area contributed by atoms with E-state index in [1.807, 2.05) is 30.3 Å². The Kier molecular flexibility index (Phi) is 2.91. The molecule has 0 fully saturated rings. The van der Waals surface area contributed by atoms with E-state index in [1.165, 1.54) is 0 Å². The largest absolute Gasteiger partial charge is 0.496 e. The SMILES string of the molecule is CCc1c(OC)ccc2ccc(C=O)cc12. The summed E-state index contributed by atoms with van der Waals surface area (Å²) in [4.78, 5) is 10.8. The molecule has 0 spiro atoms. The van der Waals surface area contributed by atoms with E-state index < -0.39 is 0 Å². The van der Waals surface area contributed by atoms with Crippen LogP contribution in [0.2, 0.25) is 0 Å². The first kappa shape index (κ1) is 10.7. The second kappa shape index (κ2) is 4.35. The van der Waals surface area contributed by atoms with Crippen LogP contribution in [0.1, 0.15) is 22.8 Å². The predicted molar refractivity (Wildman–Crippen MR) is 65.3 cm³/mol. The van der Waals surface area contributed by atoms with E-state index in [1.54, 1.807) is 7.11 Å². The van der Waals surface area contributed by atoms with Crippen LogP contribution in [-0.2, 0) is 6.42 Å². The van der Waals surface area contributed by atoms with E-state index in [4.69, 9.17) is 4.74 Å². The fourth-order valence-electron chi connectivity index (χ4n) is 2.01. The predicted octanol–water partition coefficient (Wildman–Crippen LogP) is 3.22. The number of aryl methyl sites for hydroxylation is 1. The molecule has 2 aromatic rings. The molecule has 0 amide bonds. The number of carbonyl (C=O) groups excluding carboxylic acids is 1. The van der Waals surface area contributed by atoms with Gasteiger partial charge in [0.1, 0.15) is 12.0 Å². The van der Waals surface area contributed by atoms with Gasteiger partial charge in [0.2, 0.25) is 0 Å². The maximum atomic E-state index is 10.8. The van der Waals surface area contributed by atoms with Crippen molar-refractivity contribution in [3.05, 3.63) is 41.5 Å². The van der Waals surface area contributed by atoms with E-state index in [9.17, 15) is 4.79 Å². The zero-order chi connectivity index (χ0) is 11.5. The summed E-state index contributed by atoms with van der Waals surface area (Å²) in [6.45, 7) is 2.09. The second-order valence-corrected chi connectivity index (χ2v) is 3.70. The van der Waals surface area contributed by atoms with Crippen LogP contribution < -0.4 is 4.74 Å². The number of benzene rings is 2. The molecule has 0 saturated carbocycles. The number of hydrogen-bond acceptors (Lipinski definition) is 2. The van der Waals surface area contributed by atoms with Crippen molar-refractivity contribution >= 4 is 17.1 Å². The van der Waals surface area contributed by atoms with Crippen molar-refractivity contribution in [2.45, 2.75) is 13.3 Å². The number of rotatable bonds is 3. The Balaban J connectivity index is 2.77. The zero-order valence-corrected chi connectivity index (χ0v) is 9.49. The van der Waals surface area contributed by atoms with Gasteiger partial charge in [-0.15, -0.1) is 0 Å². The van der Waals surface area contributed by atoms with E-state index >= 15 is 0 Å². The molecule has 0 bridgehead atoms. The molecule has 0 heterocycles. The van der Waals surface area contributed by atoms with Gasteiger partial charge in [-0.25, -0.2) is 0 Å². The quantitative estimate of drug-likeness (QED) is 0.733. The molecule has 0 unspecified atom stereocenters. The summed E-state index contributed by atoms with van der Waals surface area (Å²) in [6, 6.07) is 9.71. The second-order valence-electron chi connectivity index (χ2n) is 3.70. The van der Waals surface area contributed by atoms with Gasteiger partial charge >= 0.3 is 0 Å². The van der Waals surface area contributed by atoms with Crippen LogP contribution in [-0.4, -0.2) is 13.4 Å². The summed E-state index contributed by atoms with van der Waals surface area (Å²) in [5.41, 5.74) is 1.86. The minimum atomic E-state index is 0.704. The lowest BCUT2D eigenvalue weighted by Gasteiger charge is -2.10. The molecule has 0 aliphatic carbocycles. The van der Waals surface area contributed by atoms with Crippen molar-refractivity contribution in [2.24, 2.45) is 0 Å². The van der Waals surface area contributed by atoms with E-state index in [2.05, 4.69) is 6.92 Å².